The molecule has 1 N–H and O–H groups in total. The Labute approximate surface area is 173 Å². The topological polar surface area (TPSA) is 115 Å². The van der Waals surface area contributed by atoms with E-state index in [1.165, 1.54) is 12.4 Å². The SMILES string of the molecule is O=C(c1nc2n(n1)CCCN2)N1CCC(c2nc(-c3cccnc3)no2)(C(F)(F)F)C1. The van der Waals surface area contributed by atoms with Crippen LogP contribution in [0.1, 0.15) is 29.4 Å². The molecule has 0 spiro atoms. The van der Waals surface area contributed by atoms with Crippen LogP contribution in [-0.2, 0) is 12.0 Å². The number of carbonyl (C=O) groups is 1. The molecule has 5 rings (SSSR count). The molecule has 10 nitrogen and oxygen atoms in total. The van der Waals surface area contributed by atoms with Gasteiger partial charge in [-0.15, -0.1) is 5.10 Å². The van der Waals surface area contributed by atoms with Gasteiger partial charge >= 0.3 is 6.18 Å². The fourth-order valence-electron chi connectivity index (χ4n) is 3.83. The van der Waals surface area contributed by atoms with Crippen LogP contribution in [0.15, 0.2) is 29.0 Å². The minimum atomic E-state index is -4.71. The van der Waals surface area contributed by atoms with Crippen LogP contribution in [-0.4, -0.2) is 66.5 Å². The molecule has 2 aliphatic heterocycles. The van der Waals surface area contributed by atoms with Crippen LogP contribution in [0.25, 0.3) is 11.4 Å². The maximum atomic E-state index is 14.2. The summed E-state index contributed by atoms with van der Waals surface area (Å²) in [4.78, 5) is 26.0. The number of likely N-dealkylation sites (tertiary alicyclic amines) is 1. The lowest BCUT2D eigenvalue weighted by Crippen LogP contribution is -2.46. The highest BCUT2D eigenvalue weighted by Crippen LogP contribution is 2.47. The average molecular weight is 434 g/mol. The van der Waals surface area contributed by atoms with Crippen molar-refractivity contribution in [2.75, 3.05) is 25.0 Å². The summed E-state index contributed by atoms with van der Waals surface area (Å²) < 4.78 is 49.2. The van der Waals surface area contributed by atoms with Crippen molar-refractivity contribution in [3.63, 3.8) is 0 Å². The second-order valence-electron chi connectivity index (χ2n) is 7.48. The largest absolute Gasteiger partial charge is 0.405 e. The predicted octanol–water partition coefficient (Wildman–Crippen LogP) is 1.88. The molecule has 3 aromatic rings. The van der Waals surface area contributed by atoms with E-state index in [1.807, 2.05) is 0 Å². The summed E-state index contributed by atoms with van der Waals surface area (Å²) in [5.41, 5.74) is -2.03. The van der Waals surface area contributed by atoms with Crippen molar-refractivity contribution in [1.29, 1.82) is 0 Å². The van der Waals surface area contributed by atoms with Crippen molar-refractivity contribution in [2.24, 2.45) is 0 Å². The Bertz CT molecular complexity index is 1090. The Kier molecular flexibility index (Phi) is 4.41. The van der Waals surface area contributed by atoms with Gasteiger partial charge in [-0.25, -0.2) is 4.68 Å². The summed E-state index contributed by atoms with van der Waals surface area (Å²) in [6, 6.07) is 3.24. The molecule has 3 aromatic heterocycles. The number of nitrogens with one attached hydrogen (secondary N) is 1. The van der Waals surface area contributed by atoms with Crippen molar-refractivity contribution < 1.29 is 22.5 Å². The third kappa shape index (κ3) is 3.20. The number of hydrogen-bond donors (Lipinski definition) is 1. The lowest BCUT2D eigenvalue weighted by molar-refractivity contribution is -0.193. The van der Waals surface area contributed by atoms with Gasteiger partial charge in [0.25, 0.3) is 5.91 Å². The van der Waals surface area contributed by atoms with Gasteiger partial charge in [-0.1, -0.05) is 5.16 Å². The zero-order valence-electron chi connectivity index (χ0n) is 16.1. The van der Waals surface area contributed by atoms with Crippen molar-refractivity contribution in [1.82, 2.24) is 34.8 Å². The number of fused-ring (bicyclic) bond motifs is 1. The molecule has 0 aromatic carbocycles. The molecule has 31 heavy (non-hydrogen) atoms. The normalized spacial score (nSPS) is 21.1. The smallest absolute Gasteiger partial charge is 0.354 e. The molecular weight excluding hydrogens is 417 g/mol. The quantitative estimate of drug-likeness (QED) is 0.665. The van der Waals surface area contributed by atoms with E-state index in [2.05, 4.69) is 30.5 Å². The van der Waals surface area contributed by atoms with E-state index in [1.54, 1.807) is 16.8 Å². The first kappa shape index (κ1) is 19.5. The molecule has 0 saturated carbocycles. The Morgan fingerprint density at radius 2 is 2.13 bits per heavy atom. The minimum absolute atomic E-state index is 0.00557. The van der Waals surface area contributed by atoms with Gasteiger partial charge in [0.05, 0.1) is 0 Å². The van der Waals surface area contributed by atoms with E-state index >= 15 is 0 Å². The summed E-state index contributed by atoms with van der Waals surface area (Å²) >= 11 is 0. The molecule has 1 fully saturated rings. The molecule has 2 aliphatic rings. The Morgan fingerprint density at radius 3 is 2.87 bits per heavy atom. The number of aryl methyl sites for hydroxylation is 1. The number of nitrogens with zero attached hydrogens (tertiary/aromatic N) is 7. The van der Waals surface area contributed by atoms with Gasteiger partial charge in [0, 0.05) is 44.1 Å². The van der Waals surface area contributed by atoms with Crippen LogP contribution in [0.2, 0.25) is 0 Å². The van der Waals surface area contributed by atoms with Gasteiger partial charge in [-0.05, 0) is 25.0 Å². The van der Waals surface area contributed by atoms with Crippen LogP contribution >= 0.6 is 0 Å². The summed E-state index contributed by atoms with van der Waals surface area (Å²) in [5, 5.41) is 10.8. The molecule has 0 radical (unpaired) electrons. The van der Waals surface area contributed by atoms with Gasteiger partial charge in [0.15, 0.2) is 5.41 Å². The number of aromatic nitrogens is 6. The number of hydrogen-bond acceptors (Lipinski definition) is 8. The van der Waals surface area contributed by atoms with Gasteiger partial charge in [0.1, 0.15) is 0 Å². The molecule has 1 unspecified atom stereocenters. The molecular formula is C18H17F3N8O2. The van der Waals surface area contributed by atoms with E-state index in [4.69, 9.17) is 4.52 Å². The molecule has 0 bridgehead atoms. The van der Waals surface area contributed by atoms with E-state index < -0.39 is 36.4 Å². The second-order valence-corrected chi connectivity index (χ2v) is 7.48. The minimum Gasteiger partial charge on any atom is -0.354 e. The van der Waals surface area contributed by atoms with Crippen molar-refractivity contribution >= 4 is 11.9 Å². The highest BCUT2D eigenvalue weighted by Gasteiger charge is 2.63. The fraction of sp³-hybridized carbons (Fsp3) is 0.444. The number of anilines is 1. The summed E-state index contributed by atoms with van der Waals surface area (Å²) in [5.74, 6) is -0.932. The zero-order chi connectivity index (χ0) is 21.6. The Balaban J connectivity index is 1.43. The molecule has 1 amide bonds. The second kappa shape index (κ2) is 7.03. The number of rotatable bonds is 3. The first-order valence-electron chi connectivity index (χ1n) is 9.67. The standard InChI is InChI=1S/C18H17F3N8O2/c19-18(20,21)17(15-24-12(27-31-15)11-3-1-5-22-9-11)4-8-28(10-17)14(30)13-25-16-23-6-2-7-29(16)26-13/h1,3,5,9H,2,4,6-8,10H2,(H,23,25,26). The van der Waals surface area contributed by atoms with Gasteiger partial charge in [0.2, 0.25) is 23.5 Å². The molecule has 0 aliphatic carbocycles. The third-order valence-electron chi connectivity index (χ3n) is 5.55. The zero-order valence-corrected chi connectivity index (χ0v) is 16.1. The molecule has 5 heterocycles. The lowest BCUT2D eigenvalue weighted by atomic mass is 9.86. The monoisotopic (exact) mass is 434 g/mol. The maximum Gasteiger partial charge on any atom is 0.405 e. The first-order chi connectivity index (χ1) is 14.9. The Morgan fingerprint density at radius 1 is 1.26 bits per heavy atom. The Hall–Kier alpha value is -3.51. The number of halogens is 3. The van der Waals surface area contributed by atoms with E-state index in [-0.39, 0.29) is 18.2 Å². The number of pyridine rings is 1. The molecule has 162 valence electrons. The van der Waals surface area contributed by atoms with Crippen molar-refractivity contribution in [3.8, 4) is 11.4 Å². The van der Waals surface area contributed by atoms with Crippen LogP contribution in [0.3, 0.4) is 0 Å². The summed E-state index contributed by atoms with van der Waals surface area (Å²) in [6.07, 6.45) is -1.33. The van der Waals surface area contributed by atoms with Gasteiger partial charge in [-0.3, -0.25) is 9.78 Å². The lowest BCUT2D eigenvalue weighted by Gasteiger charge is -2.27. The number of alkyl halides is 3. The van der Waals surface area contributed by atoms with E-state index in [0.717, 1.165) is 11.3 Å². The first-order valence-corrected chi connectivity index (χ1v) is 9.67. The van der Waals surface area contributed by atoms with Crippen molar-refractivity contribution in [3.05, 3.63) is 36.2 Å². The van der Waals surface area contributed by atoms with Crippen molar-refractivity contribution in [2.45, 2.75) is 31.0 Å². The van der Waals surface area contributed by atoms with Crippen LogP contribution < -0.4 is 5.32 Å². The average Bonchev–Trinajstić information content (AvgIpc) is 3.51. The third-order valence-corrected chi connectivity index (χ3v) is 5.55. The highest BCUT2D eigenvalue weighted by atomic mass is 19.4. The van der Waals surface area contributed by atoms with Crippen LogP contribution in [0, 0.1) is 0 Å². The molecule has 1 atom stereocenters. The number of amides is 1. The van der Waals surface area contributed by atoms with Gasteiger partial charge in [-0.2, -0.15) is 23.1 Å². The van der Waals surface area contributed by atoms with E-state index in [9.17, 15) is 18.0 Å². The number of carbonyl (C=O) groups excluding carboxylic acids is 1. The summed E-state index contributed by atoms with van der Waals surface area (Å²) in [6.45, 7) is 0.499. The molecule has 13 heteroatoms. The van der Waals surface area contributed by atoms with Crippen LogP contribution in [0.5, 0.6) is 0 Å². The molecule has 1 saturated heterocycles. The van der Waals surface area contributed by atoms with E-state index in [0.29, 0.717) is 24.6 Å². The van der Waals surface area contributed by atoms with Gasteiger partial charge < -0.3 is 14.7 Å². The predicted molar refractivity (Wildman–Crippen MR) is 98.9 cm³/mol. The fourth-order valence-corrected chi connectivity index (χ4v) is 3.83. The van der Waals surface area contributed by atoms with Crippen LogP contribution in [0.4, 0.5) is 19.1 Å². The maximum absolute atomic E-state index is 14.2. The summed E-state index contributed by atoms with van der Waals surface area (Å²) in [7, 11) is 0. The highest BCUT2D eigenvalue weighted by molar-refractivity contribution is 5.91.